The Morgan fingerprint density at radius 2 is 1.79 bits per heavy atom. The van der Waals surface area contributed by atoms with Gasteiger partial charge in [-0.1, -0.05) is 41.6 Å². The number of carboxylic acids is 1. The standard InChI is InChI=1S/C26H28FN3O4/c27-22-7-5-21(6-8-22)26(11-13-33-14-12-26)10-9-23-28-24(29-34-23)19-3-1-18(2-4-19)15-30-16-20(17-30)25(31)32/h1-8,20H,9-17H2,(H,31,32). The zero-order chi connectivity index (χ0) is 23.5. The van der Waals surface area contributed by atoms with E-state index in [0.29, 0.717) is 44.4 Å². The van der Waals surface area contributed by atoms with Crippen LogP contribution < -0.4 is 0 Å². The first-order chi connectivity index (χ1) is 16.5. The molecule has 8 heteroatoms. The maximum absolute atomic E-state index is 13.5. The van der Waals surface area contributed by atoms with Crippen LogP contribution in [0.2, 0.25) is 0 Å². The number of hydrogen-bond acceptors (Lipinski definition) is 6. The molecule has 0 spiro atoms. The van der Waals surface area contributed by atoms with Gasteiger partial charge in [-0.3, -0.25) is 9.69 Å². The Morgan fingerprint density at radius 3 is 2.47 bits per heavy atom. The van der Waals surface area contributed by atoms with Gasteiger partial charge in [-0.2, -0.15) is 4.98 Å². The number of aliphatic carboxylic acids is 1. The average Bonchev–Trinajstić information content (AvgIpc) is 3.30. The minimum Gasteiger partial charge on any atom is -0.481 e. The molecule has 0 unspecified atom stereocenters. The molecule has 178 valence electrons. The van der Waals surface area contributed by atoms with E-state index in [4.69, 9.17) is 14.4 Å². The molecule has 2 aliphatic rings. The normalized spacial score (nSPS) is 18.5. The number of ether oxygens (including phenoxy) is 1. The lowest BCUT2D eigenvalue weighted by Crippen LogP contribution is -2.49. The van der Waals surface area contributed by atoms with Gasteiger partial charge in [0.1, 0.15) is 5.82 Å². The van der Waals surface area contributed by atoms with Crippen molar-refractivity contribution in [1.29, 1.82) is 0 Å². The third-order valence-corrected chi connectivity index (χ3v) is 7.12. The molecule has 0 atom stereocenters. The average molecular weight is 466 g/mol. The fraction of sp³-hybridized carbons (Fsp3) is 0.423. The number of carboxylic acid groups (broad SMARTS) is 1. The van der Waals surface area contributed by atoms with Crippen molar-refractivity contribution in [2.24, 2.45) is 5.92 Å². The molecule has 0 amide bonds. The number of hydrogen-bond donors (Lipinski definition) is 1. The van der Waals surface area contributed by atoms with Crippen LogP contribution in [0.5, 0.6) is 0 Å². The van der Waals surface area contributed by atoms with Gasteiger partial charge in [0.05, 0.1) is 5.92 Å². The highest BCUT2D eigenvalue weighted by molar-refractivity contribution is 5.71. The summed E-state index contributed by atoms with van der Waals surface area (Å²) in [5, 5.41) is 13.2. The summed E-state index contributed by atoms with van der Waals surface area (Å²) >= 11 is 0. The van der Waals surface area contributed by atoms with Crippen LogP contribution in [-0.4, -0.2) is 52.4 Å². The molecule has 0 radical (unpaired) electrons. The minimum atomic E-state index is -0.722. The van der Waals surface area contributed by atoms with Gasteiger partial charge in [-0.05, 0) is 42.5 Å². The van der Waals surface area contributed by atoms with E-state index in [1.165, 1.54) is 12.1 Å². The molecule has 7 nitrogen and oxygen atoms in total. The topological polar surface area (TPSA) is 88.7 Å². The summed E-state index contributed by atoms with van der Waals surface area (Å²) in [5.41, 5.74) is 3.05. The number of aromatic nitrogens is 2. The lowest BCUT2D eigenvalue weighted by Gasteiger charge is -2.37. The first kappa shape index (κ1) is 22.7. The molecule has 2 saturated heterocycles. The monoisotopic (exact) mass is 465 g/mol. The van der Waals surface area contributed by atoms with Crippen LogP contribution in [-0.2, 0) is 27.9 Å². The molecule has 34 heavy (non-hydrogen) atoms. The molecule has 0 bridgehead atoms. The van der Waals surface area contributed by atoms with E-state index >= 15 is 0 Å². The van der Waals surface area contributed by atoms with Crippen molar-refractivity contribution in [3.05, 3.63) is 71.4 Å². The predicted octanol–water partition coefficient (Wildman–Crippen LogP) is 4.07. The molecule has 1 aromatic heterocycles. The summed E-state index contributed by atoms with van der Waals surface area (Å²) in [6.07, 6.45) is 3.23. The van der Waals surface area contributed by atoms with E-state index in [0.717, 1.165) is 42.5 Å². The van der Waals surface area contributed by atoms with E-state index in [1.54, 1.807) is 0 Å². The third kappa shape index (κ3) is 4.88. The van der Waals surface area contributed by atoms with Crippen LogP contribution in [0.3, 0.4) is 0 Å². The first-order valence-electron chi connectivity index (χ1n) is 11.7. The van der Waals surface area contributed by atoms with Crippen molar-refractivity contribution < 1.29 is 23.6 Å². The lowest BCUT2D eigenvalue weighted by atomic mass is 9.71. The van der Waals surface area contributed by atoms with Crippen molar-refractivity contribution >= 4 is 5.97 Å². The van der Waals surface area contributed by atoms with Crippen LogP contribution in [0.25, 0.3) is 11.4 Å². The van der Waals surface area contributed by atoms with Crippen molar-refractivity contribution in [3.8, 4) is 11.4 Å². The first-order valence-corrected chi connectivity index (χ1v) is 11.7. The zero-order valence-corrected chi connectivity index (χ0v) is 19.0. The Hall–Kier alpha value is -3.10. The fourth-order valence-corrected chi connectivity index (χ4v) is 4.94. The van der Waals surface area contributed by atoms with Gasteiger partial charge in [0, 0.05) is 50.2 Å². The second kappa shape index (κ2) is 9.64. The SMILES string of the molecule is O=C(O)C1CN(Cc2ccc(-c3noc(CCC4(c5ccc(F)cc5)CCOCC4)n3)cc2)C1. The molecule has 0 aliphatic carbocycles. The molecule has 2 aliphatic heterocycles. The number of halogens is 1. The Morgan fingerprint density at radius 1 is 1.09 bits per heavy atom. The van der Waals surface area contributed by atoms with Crippen LogP contribution in [0, 0.1) is 11.7 Å². The lowest BCUT2D eigenvalue weighted by molar-refractivity contribution is -0.147. The maximum atomic E-state index is 13.5. The van der Waals surface area contributed by atoms with E-state index in [1.807, 2.05) is 36.4 Å². The smallest absolute Gasteiger partial charge is 0.309 e. The van der Waals surface area contributed by atoms with Gasteiger partial charge in [0.15, 0.2) is 0 Å². The Bertz CT molecular complexity index is 1120. The van der Waals surface area contributed by atoms with Crippen LogP contribution >= 0.6 is 0 Å². The Balaban J connectivity index is 1.21. The maximum Gasteiger partial charge on any atom is 0.309 e. The van der Waals surface area contributed by atoms with Crippen molar-refractivity contribution in [2.45, 2.75) is 37.6 Å². The highest BCUT2D eigenvalue weighted by Gasteiger charge is 2.35. The summed E-state index contributed by atoms with van der Waals surface area (Å²) < 4.78 is 24.6. The van der Waals surface area contributed by atoms with Crippen molar-refractivity contribution in [1.82, 2.24) is 15.0 Å². The van der Waals surface area contributed by atoms with Gasteiger partial charge >= 0.3 is 5.97 Å². The van der Waals surface area contributed by atoms with Gasteiger partial charge in [-0.15, -0.1) is 0 Å². The fourth-order valence-electron chi connectivity index (χ4n) is 4.94. The summed E-state index contributed by atoms with van der Waals surface area (Å²) in [6.45, 7) is 3.30. The van der Waals surface area contributed by atoms with Crippen LogP contribution in [0.1, 0.15) is 36.3 Å². The van der Waals surface area contributed by atoms with Gasteiger partial charge < -0.3 is 14.4 Å². The Kier molecular flexibility index (Phi) is 6.43. The molecule has 0 saturated carbocycles. The number of nitrogens with zero attached hydrogens (tertiary/aromatic N) is 3. The number of aryl methyl sites for hydroxylation is 1. The second-order valence-electron chi connectivity index (χ2n) is 9.34. The zero-order valence-electron chi connectivity index (χ0n) is 19.0. The summed E-state index contributed by atoms with van der Waals surface area (Å²) in [7, 11) is 0. The summed E-state index contributed by atoms with van der Waals surface area (Å²) in [4.78, 5) is 17.7. The van der Waals surface area contributed by atoms with Crippen LogP contribution in [0.4, 0.5) is 4.39 Å². The van der Waals surface area contributed by atoms with E-state index < -0.39 is 5.97 Å². The second-order valence-corrected chi connectivity index (χ2v) is 9.34. The van der Waals surface area contributed by atoms with E-state index in [-0.39, 0.29) is 17.2 Å². The van der Waals surface area contributed by atoms with E-state index in [9.17, 15) is 9.18 Å². The van der Waals surface area contributed by atoms with Gasteiger partial charge in [0.2, 0.25) is 11.7 Å². The van der Waals surface area contributed by atoms with Crippen LogP contribution in [0.15, 0.2) is 53.1 Å². The number of rotatable bonds is 8. The largest absolute Gasteiger partial charge is 0.481 e. The minimum absolute atomic E-state index is 0.0846. The molecule has 2 fully saturated rings. The Labute approximate surface area is 197 Å². The molecular weight excluding hydrogens is 437 g/mol. The highest BCUT2D eigenvalue weighted by Crippen LogP contribution is 2.39. The third-order valence-electron chi connectivity index (χ3n) is 7.12. The quantitative estimate of drug-likeness (QED) is 0.536. The predicted molar refractivity (Wildman–Crippen MR) is 123 cm³/mol. The summed E-state index contributed by atoms with van der Waals surface area (Å²) in [5.74, 6) is -0.0558. The van der Waals surface area contributed by atoms with Crippen molar-refractivity contribution in [2.75, 3.05) is 26.3 Å². The summed E-state index contributed by atoms with van der Waals surface area (Å²) in [6, 6.07) is 14.8. The molecular formula is C26H28FN3O4. The van der Waals surface area contributed by atoms with Gasteiger partial charge in [-0.25, -0.2) is 4.39 Å². The molecule has 3 aromatic rings. The van der Waals surface area contributed by atoms with Crippen molar-refractivity contribution in [3.63, 3.8) is 0 Å². The molecule has 3 heterocycles. The van der Waals surface area contributed by atoms with E-state index in [2.05, 4.69) is 15.0 Å². The number of carbonyl (C=O) groups is 1. The molecule has 1 N–H and O–H groups in total. The highest BCUT2D eigenvalue weighted by atomic mass is 19.1. The number of benzene rings is 2. The molecule has 2 aromatic carbocycles. The molecule has 5 rings (SSSR count). The van der Waals surface area contributed by atoms with Gasteiger partial charge in [0.25, 0.3) is 0 Å². The number of likely N-dealkylation sites (tertiary alicyclic amines) is 1.